The lowest BCUT2D eigenvalue weighted by Gasteiger charge is -2.31. The summed E-state index contributed by atoms with van der Waals surface area (Å²) in [6, 6.07) is 16.4. The van der Waals surface area contributed by atoms with Gasteiger partial charge < -0.3 is 9.47 Å². The molecule has 1 aliphatic carbocycles. The summed E-state index contributed by atoms with van der Waals surface area (Å²) in [7, 11) is 0. The van der Waals surface area contributed by atoms with Crippen molar-refractivity contribution in [2.45, 2.75) is 24.7 Å². The molecule has 1 aliphatic heterocycles. The molecule has 0 fully saturated rings. The molecule has 5 heteroatoms. The largest absolute Gasteiger partial charge is 0.463 e. The van der Waals surface area contributed by atoms with Gasteiger partial charge in [-0.25, -0.2) is 4.79 Å². The van der Waals surface area contributed by atoms with Crippen LogP contribution in [0.3, 0.4) is 0 Å². The van der Waals surface area contributed by atoms with Crippen molar-refractivity contribution in [3.63, 3.8) is 0 Å². The van der Waals surface area contributed by atoms with Crippen LogP contribution in [-0.2, 0) is 19.7 Å². The number of fused-ring (bicyclic) bond motifs is 2. The quantitative estimate of drug-likeness (QED) is 0.620. The van der Waals surface area contributed by atoms with Crippen molar-refractivity contribution in [3.05, 3.63) is 76.9 Å². The molecule has 0 saturated carbocycles. The van der Waals surface area contributed by atoms with Crippen LogP contribution in [0.1, 0.15) is 36.0 Å². The van der Waals surface area contributed by atoms with E-state index in [0.29, 0.717) is 28.9 Å². The Morgan fingerprint density at radius 2 is 2.00 bits per heavy atom. The number of hydrogen-bond acceptors (Lipinski definition) is 5. The summed E-state index contributed by atoms with van der Waals surface area (Å²) in [6.07, 6.45) is 2.29. The Morgan fingerprint density at radius 1 is 1.26 bits per heavy atom. The predicted molar refractivity (Wildman–Crippen MR) is 97.0 cm³/mol. The molecular formula is C22H17NO4. The highest BCUT2D eigenvalue weighted by Crippen LogP contribution is 2.57. The van der Waals surface area contributed by atoms with E-state index in [1.54, 1.807) is 37.3 Å². The summed E-state index contributed by atoms with van der Waals surface area (Å²) < 4.78 is 10.8. The molecule has 0 amide bonds. The van der Waals surface area contributed by atoms with Gasteiger partial charge in [0.15, 0.2) is 0 Å². The average molecular weight is 359 g/mol. The molecule has 2 aromatic carbocycles. The van der Waals surface area contributed by atoms with Gasteiger partial charge in [-0.1, -0.05) is 36.4 Å². The lowest BCUT2D eigenvalue weighted by Crippen LogP contribution is -2.41. The molecule has 2 aliphatic rings. The SMILES string of the molecule is CCOC(=O)C1=CC[C@H](c2ccc(C#N)cc2)[C@@]12C(=O)Oc1ccccc12. The van der Waals surface area contributed by atoms with E-state index in [4.69, 9.17) is 14.7 Å². The molecule has 2 atom stereocenters. The van der Waals surface area contributed by atoms with Crippen LogP contribution in [-0.4, -0.2) is 18.5 Å². The van der Waals surface area contributed by atoms with E-state index in [9.17, 15) is 9.59 Å². The second-order valence-corrected chi connectivity index (χ2v) is 6.55. The Balaban J connectivity index is 1.90. The number of ether oxygens (including phenoxy) is 2. The highest BCUT2D eigenvalue weighted by Gasteiger charge is 2.61. The zero-order chi connectivity index (χ0) is 19.0. The fraction of sp³-hybridized carbons (Fsp3) is 0.227. The second-order valence-electron chi connectivity index (χ2n) is 6.55. The topological polar surface area (TPSA) is 76.4 Å². The van der Waals surface area contributed by atoms with Crippen molar-refractivity contribution in [3.8, 4) is 11.8 Å². The van der Waals surface area contributed by atoms with Crippen molar-refractivity contribution in [1.29, 1.82) is 5.26 Å². The van der Waals surface area contributed by atoms with Crippen LogP contribution < -0.4 is 4.74 Å². The predicted octanol–water partition coefficient (Wildman–Crippen LogP) is 3.39. The van der Waals surface area contributed by atoms with Gasteiger partial charge in [-0.15, -0.1) is 0 Å². The molecule has 1 heterocycles. The van der Waals surface area contributed by atoms with Gasteiger partial charge in [0.25, 0.3) is 0 Å². The minimum absolute atomic E-state index is 0.227. The molecule has 2 aromatic rings. The van der Waals surface area contributed by atoms with E-state index in [-0.39, 0.29) is 12.5 Å². The van der Waals surface area contributed by atoms with Crippen LogP contribution in [0.5, 0.6) is 5.75 Å². The third-order valence-corrected chi connectivity index (χ3v) is 5.28. The summed E-state index contributed by atoms with van der Waals surface area (Å²) in [5.74, 6) is -0.795. The molecule has 5 nitrogen and oxygen atoms in total. The molecule has 1 spiro atoms. The fourth-order valence-corrected chi connectivity index (χ4v) is 4.15. The van der Waals surface area contributed by atoms with Crippen LogP contribution >= 0.6 is 0 Å². The maximum Gasteiger partial charge on any atom is 0.335 e. The van der Waals surface area contributed by atoms with Crippen molar-refractivity contribution >= 4 is 11.9 Å². The summed E-state index contributed by atoms with van der Waals surface area (Å²) in [5.41, 5.74) is 1.20. The van der Waals surface area contributed by atoms with Gasteiger partial charge in [0, 0.05) is 11.5 Å². The zero-order valence-electron chi connectivity index (χ0n) is 14.8. The van der Waals surface area contributed by atoms with E-state index in [0.717, 1.165) is 5.56 Å². The van der Waals surface area contributed by atoms with Crippen LogP contribution in [0.4, 0.5) is 0 Å². The molecule has 0 N–H and O–H groups in total. The molecule has 0 radical (unpaired) electrons. The van der Waals surface area contributed by atoms with Crippen molar-refractivity contribution in [2.24, 2.45) is 0 Å². The number of rotatable bonds is 3. The van der Waals surface area contributed by atoms with Gasteiger partial charge in [-0.3, -0.25) is 4.79 Å². The van der Waals surface area contributed by atoms with E-state index in [2.05, 4.69) is 6.07 Å². The number of carbonyl (C=O) groups is 2. The summed E-state index contributed by atoms with van der Waals surface area (Å²) in [6.45, 7) is 1.96. The first-order valence-corrected chi connectivity index (χ1v) is 8.82. The number of para-hydroxylation sites is 1. The second kappa shape index (κ2) is 6.40. The smallest absolute Gasteiger partial charge is 0.335 e. The first-order valence-electron chi connectivity index (χ1n) is 8.82. The molecule has 0 unspecified atom stereocenters. The summed E-state index contributed by atoms with van der Waals surface area (Å²) in [4.78, 5) is 25.9. The standard InChI is InChI=1S/C22H17NO4/c1-2-26-20(24)18-12-11-16(15-9-7-14(13-23)8-10-15)22(18)17-5-3-4-6-19(17)27-21(22)25/h3-10,12,16H,2,11H2,1H3/t16-,22+/m1/s1. The number of allylic oxidation sites excluding steroid dienone is 1. The van der Waals surface area contributed by atoms with Gasteiger partial charge in [-0.05, 0) is 37.1 Å². The Hall–Kier alpha value is -3.39. The molecule has 0 saturated heterocycles. The van der Waals surface area contributed by atoms with Gasteiger partial charge in [-0.2, -0.15) is 5.26 Å². The maximum absolute atomic E-state index is 13.2. The first-order chi connectivity index (χ1) is 13.1. The van der Waals surface area contributed by atoms with Crippen LogP contribution in [0, 0.1) is 11.3 Å². The lowest BCUT2D eigenvalue weighted by molar-refractivity contribution is -0.144. The lowest BCUT2D eigenvalue weighted by atomic mass is 9.67. The van der Waals surface area contributed by atoms with Crippen LogP contribution in [0.25, 0.3) is 0 Å². The Labute approximate surface area is 156 Å². The van der Waals surface area contributed by atoms with E-state index >= 15 is 0 Å². The van der Waals surface area contributed by atoms with Crippen molar-refractivity contribution in [1.82, 2.24) is 0 Å². The third kappa shape index (κ3) is 2.37. The monoisotopic (exact) mass is 359 g/mol. The molecule has 0 aromatic heterocycles. The fourth-order valence-electron chi connectivity index (χ4n) is 4.15. The summed E-state index contributed by atoms with van der Waals surface area (Å²) >= 11 is 0. The van der Waals surface area contributed by atoms with Gasteiger partial charge in [0.1, 0.15) is 11.2 Å². The first kappa shape index (κ1) is 17.0. The van der Waals surface area contributed by atoms with E-state index in [1.807, 2.05) is 24.3 Å². The van der Waals surface area contributed by atoms with Crippen LogP contribution in [0.2, 0.25) is 0 Å². The minimum atomic E-state index is -1.23. The number of esters is 2. The average Bonchev–Trinajstić information content (AvgIpc) is 3.22. The Kier molecular flexibility index (Phi) is 4.04. The Bertz CT molecular complexity index is 1000. The number of benzene rings is 2. The number of nitrogens with zero attached hydrogens (tertiary/aromatic N) is 1. The molecular weight excluding hydrogens is 342 g/mol. The highest BCUT2D eigenvalue weighted by molar-refractivity contribution is 6.07. The van der Waals surface area contributed by atoms with Gasteiger partial charge in [0.05, 0.1) is 23.8 Å². The maximum atomic E-state index is 13.2. The number of carbonyl (C=O) groups excluding carboxylic acids is 2. The van der Waals surface area contributed by atoms with E-state index < -0.39 is 17.4 Å². The summed E-state index contributed by atoms with van der Waals surface area (Å²) in [5, 5.41) is 9.05. The van der Waals surface area contributed by atoms with Crippen LogP contribution in [0.15, 0.2) is 60.2 Å². The number of nitriles is 1. The Morgan fingerprint density at radius 3 is 2.70 bits per heavy atom. The van der Waals surface area contributed by atoms with Gasteiger partial charge >= 0.3 is 11.9 Å². The van der Waals surface area contributed by atoms with E-state index in [1.165, 1.54) is 0 Å². The zero-order valence-corrected chi connectivity index (χ0v) is 14.8. The normalized spacial score (nSPS) is 22.7. The molecule has 27 heavy (non-hydrogen) atoms. The highest BCUT2D eigenvalue weighted by atomic mass is 16.5. The van der Waals surface area contributed by atoms with Gasteiger partial charge in [0.2, 0.25) is 0 Å². The third-order valence-electron chi connectivity index (χ3n) is 5.28. The van der Waals surface area contributed by atoms with Crippen molar-refractivity contribution in [2.75, 3.05) is 6.61 Å². The molecule has 0 bridgehead atoms. The number of hydrogen-bond donors (Lipinski definition) is 0. The molecule has 134 valence electrons. The van der Waals surface area contributed by atoms with Crippen molar-refractivity contribution < 1.29 is 19.1 Å². The molecule has 4 rings (SSSR count). The minimum Gasteiger partial charge on any atom is -0.463 e.